The topological polar surface area (TPSA) is 72.9 Å². The van der Waals surface area contributed by atoms with Gasteiger partial charge in [0.25, 0.3) is 0 Å². The first-order chi connectivity index (χ1) is 10.3. The van der Waals surface area contributed by atoms with Crippen LogP contribution in [-0.4, -0.2) is 45.7 Å². The number of methoxy groups -OCH3 is 2. The third kappa shape index (κ3) is 4.51. The fourth-order valence-corrected chi connectivity index (χ4v) is 3.90. The van der Waals surface area contributed by atoms with E-state index in [1.54, 1.807) is 25.2 Å². The van der Waals surface area contributed by atoms with Crippen LogP contribution in [0.25, 0.3) is 0 Å². The maximum Gasteiger partial charge on any atom is 0.232 e. The zero-order valence-corrected chi connectivity index (χ0v) is 14.0. The molecule has 1 heterocycles. The molecule has 1 aliphatic rings. The number of rotatable bonds is 6. The highest BCUT2D eigenvalue weighted by molar-refractivity contribution is 8.13. The van der Waals surface area contributed by atoms with E-state index in [-0.39, 0.29) is 24.0 Å². The van der Waals surface area contributed by atoms with Crippen molar-refractivity contribution in [3.63, 3.8) is 0 Å². The summed E-state index contributed by atoms with van der Waals surface area (Å²) in [6.45, 7) is 0.759. The minimum absolute atomic E-state index is 0.0768. The van der Waals surface area contributed by atoms with Crippen LogP contribution in [-0.2, 0) is 20.4 Å². The summed E-state index contributed by atoms with van der Waals surface area (Å²) in [5, 5.41) is 0. The van der Waals surface area contributed by atoms with Gasteiger partial charge in [0.15, 0.2) is 0 Å². The minimum atomic E-state index is -3.60. The van der Waals surface area contributed by atoms with Crippen LogP contribution in [0.4, 0.5) is 0 Å². The first-order valence-corrected chi connectivity index (χ1v) is 9.20. The molecule has 0 N–H and O–H groups in total. The second kappa shape index (κ2) is 6.75. The van der Waals surface area contributed by atoms with Crippen molar-refractivity contribution >= 4 is 25.6 Å². The van der Waals surface area contributed by atoms with Crippen molar-refractivity contribution in [1.29, 1.82) is 0 Å². The largest absolute Gasteiger partial charge is 0.497 e. The van der Waals surface area contributed by atoms with E-state index in [9.17, 15) is 13.2 Å². The van der Waals surface area contributed by atoms with Crippen molar-refractivity contribution in [2.24, 2.45) is 5.92 Å². The summed E-state index contributed by atoms with van der Waals surface area (Å²) in [5.74, 6) is 0.759. The molecule has 1 atom stereocenters. The van der Waals surface area contributed by atoms with Crippen LogP contribution in [0.1, 0.15) is 12.0 Å². The Labute approximate surface area is 134 Å². The highest BCUT2D eigenvalue weighted by atomic mass is 35.7. The van der Waals surface area contributed by atoms with Gasteiger partial charge in [-0.1, -0.05) is 0 Å². The van der Waals surface area contributed by atoms with Gasteiger partial charge in [0.05, 0.1) is 20.0 Å². The Morgan fingerprint density at radius 1 is 1.23 bits per heavy atom. The standard InChI is InChI=1S/C14H18ClNO5S/c1-20-12-3-10(4-13(6-12)21-2)7-16-8-11(5-14(16)17)9-22(15,18)19/h3-4,6,11H,5,7-9H2,1-2H3. The highest BCUT2D eigenvalue weighted by Gasteiger charge is 2.32. The molecule has 122 valence electrons. The molecule has 1 amide bonds. The van der Waals surface area contributed by atoms with Crippen molar-refractivity contribution in [2.75, 3.05) is 26.5 Å². The van der Waals surface area contributed by atoms with Gasteiger partial charge in [-0.2, -0.15) is 0 Å². The van der Waals surface area contributed by atoms with Crippen molar-refractivity contribution in [3.05, 3.63) is 23.8 Å². The highest BCUT2D eigenvalue weighted by Crippen LogP contribution is 2.26. The molecule has 8 heteroatoms. The molecule has 0 aliphatic carbocycles. The second-order valence-electron chi connectivity index (χ2n) is 5.27. The summed E-state index contributed by atoms with van der Waals surface area (Å²) in [6, 6.07) is 5.39. The number of halogens is 1. The van der Waals surface area contributed by atoms with E-state index in [1.807, 2.05) is 12.1 Å². The number of nitrogens with zero attached hydrogens (tertiary/aromatic N) is 1. The summed E-state index contributed by atoms with van der Waals surface area (Å²) in [4.78, 5) is 13.6. The molecule has 1 saturated heterocycles. The van der Waals surface area contributed by atoms with E-state index in [1.165, 1.54) is 0 Å². The van der Waals surface area contributed by atoms with Crippen molar-refractivity contribution < 1.29 is 22.7 Å². The van der Waals surface area contributed by atoms with E-state index >= 15 is 0 Å². The van der Waals surface area contributed by atoms with Gasteiger partial charge >= 0.3 is 0 Å². The third-order valence-corrected chi connectivity index (χ3v) is 4.76. The number of carbonyl (C=O) groups excluding carboxylic acids is 1. The van der Waals surface area contributed by atoms with Gasteiger partial charge < -0.3 is 14.4 Å². The van der Waals surface area contributed by atoms with Gasteiger partial charge in [0, 0.05) is 42.2 Å². The molecular formula is C14H18ClNO5S. The van der Waals surface area contributed by atoms with Gasteiger partial charge in [-0.15, -0.1) is 0 Å². The average Bonchev–Trinajstić information content (AvgIpc) is 2.75. The lowest BCUT2D eigenvalue weighted by Gasteiger charge is -2.17. The molecule has 1 fully saturated rings. The van der Waals surface area contributed by atoms with Crippen LogP contribution in [0.3, 0.4) is 0 Å². The molecule has 0 spiro atoms. The van der Waals surface area contributed by atoms with E-state index in [0.717, 1.165) is 5.56 Å². The quantitative estimate of drug-likeness (QED) is 0.731. The first kappa shape index (κ1) is 16.9. The number of ether oxygens (including phenoxy) is 2. The molecule has 1 unspecified atom stereocenters. The Morgan fingerprint density at radius 2 is 1.82 bits per heavy atom. The molecule has 22 heavy (non-hydrogen) atoms. The van der Waals surface area contributed by atoms with Gasteiger partial charge in [0.1, 0.15) is 11.5 Å². The van der Waals surface area contributed by atoms with Gasteiger partial charge in [-0.3, -0.25) is 4.79 Å². The van der Waals surface area contributed by atoms with Gasteiger partial charge in [-0.05, 0) is 17.7 Å². The summed E-state index contributed by atoms with van der Waals surface area (Å²) in [6.07, 6.45) is 0.201. The zero-order valence-electron chi connectivity index (χ0n) is 12.4. The Balaban J connectivity index is 2.09. The number of hydrogen-bond acceptors (Lipinski definition) is 5. The molecule has 1 aromatic carbocycles. The lowest BCUT2D eigenvalue weighted by Crippen LogP contribution is -2.25. The number of hydrogen-bond donors (Lipinski definition) is 0. The fourth-order valence-electron chi connectivity index (χ4n) is 2.58. The van der Waals surface area contributed by atoms with Gasteiger partial charge in [0.2, 0.25) is 15.0 Å². The summed E-state index contributed by atoms with van der Waals surface area (Å²) < 4.78 is 32.6. The lowest BCUT2D eigenvalue weighted by molar-refractivity contribution is -0.128. The Kier molecular flexibility index (Phi) is 5.18. The van der Waals surface area contributed by atoms with Crippen LogP contribution < -0.4 is 9.47 Å². The number of benzene rings is 1. The molecule has 6 nitrogen and oxygen atoms in total. The van der Waals surface area contributed by atoms with E-state index in [0.29, 0.717) is 24.6 Å². The fraction of sp³-hybridized carbons (Fsp3) is 0.500. The zero-order chi connectivity index (χ0) is 16.3. The summed E-state index contributed by atoms with van der Waals surface area (Å²) in [5.41, 5.74) is 0.860. The Morgan fingerprint density at radius 3 is 2.32 bits per heavy atom. The van der Waals surface area contributed by atoms with Crippen molar-refractivity contribution in [2.45, 2.75) is 13.0 Å². The van der Waals surface area contributed by atoms with Crippen LogP contribution in [0.5, 0.6) is 11.5 Å². The Bertz CT molecular complexity index is 639. The number of likely N-dealkylation sites (tertiary alicyclic amines) is 1. The minimum Gasteiger partial charge on any atom is -0.497 e. The monoisotopic (exact) mass is 347 g/mol. The van der Waals surface area contributed by atoms with E-state index < -0.39 is 9.05 Å². The van der Waals surface area contributed by atoms with Crippen LogP contribution >= 0.6 is 10.7 Å². The lowest BCUT2D eigenvalue weighted by atomic mass is 10.1. The molecule has 1 aliphatic heterocycles. The van der Waals surface area contributed by atoms with Crippen LogP contribution in [0, 0.1) is 5.92 Å². The average molecular weight is 348 g/mol. The Hall–Kier alpha value is -1.47. The smallest absolute Gasteiger partial charge is 0.232 e. The van der Waals surface area contributed by atoms with Crippen LogP contribution in [0.15, 0.2) is 18.2 Å². The molecule has 0 saturated carbocycles. The molecule has 0 bridgehead atoms. The van der Waals surface area contributed by atoms with Gasteiger partial charge in [-0.25, -0.2) is 8.42 Å². The maximum atomic E-state index is 12.0. The molecule has 0 aromatic heterocycles. The molecule has 2 rings (SSSR count). The first-order valence-electron chi connectivity index (χ1n) is 6.73. The van der Waals surface area contributed by atoms with E-state index in [4.69, 9.17) is 20.2 Å². The third-order valence-electron chi connectivity index (χ3n) is 3.51. The molecule has 1 aromatic rings. The summed E-state index contributed by atoms with van der Waals surface area (Å²) >= 11 is 0. The predicted octanol–water partition coefficient (Wildman–Crippen LogP) is 1.62. The second-order valence-corrected chi connectivity index (χ2v) is 8.09. The number of amides is 1. The predicted molar refractivity (Wildman–Crippen MR) is 82.7 cm³/mol. The number of carbonyl (C=O) groups is 1. The summed E-state index contributed by atoms with van der Waals surface area (Å²) in [7, 11) is 4.78. The molecule has 0 radical (unpaired) electrons. The van der Waals surface area contributed by atoms with E-state index in [2.05, 4.69) is 0 Å². The molecular weight excluding hydrogens is 330 g/mol. The van der Waals surface area contributed by atoms with Crippen molar-refractivity contribution in [3.8, 4) is 11.5 Å². The van der Waals surface area contributed by atoms with Crippen molar-refractivity contribution in [1.82, 2.24) is 4.90 Å². The SMILES string of the molecule is COc1cc(CN2CC(CS(=O)(=O)Cl)CC2=O)cc(OC)c1. The normalized spacial score (nSPS) is 18.6. The maximum absolute atomic E-state index is 12.0. The van der Waals surface area contributed by atoms with Crippen LogP contribution in [0.2, 0.25) is 0 Å².